The van der Waals surface area contributed by atoms with Gasteiger partial charge in [0.2, 0.25) is 0 Å². The van der Waals surface area contributed by atoms with Gasteiger partial charge in [-0.15, -0.1) is 0 Å². The summed E-state index contributed by atoms with van der Waals surface area (Å²) in [7, 11) is 0. The second-order valence-corrected chi connectivity index (χ2v) is 4.95. The molecule has 1 aromatic rings. The summed E-state index contributed by atoms with van der Waals surface area (Å²) in [5.74, 6) is 0.971. The molecule has 1 aromatic carbocycles. The molecule has 0 amide bonds. The topological polar surface area (TPSA) is 32.3 Å². The van der Waals surface area contributed by atoms with Crippen LogP contribution in [0, 0.1) is 6.92 Å². The lowest BCUT2D eigenvalue weighted by Crippen LogP contribution is -2.26. The van der Waals surface area contributed by atoms with E-state index in [-0.39, 0.29) is 0 Å². The molecular formula is C12H16BrNO. The second kappa shape index (κ2) is 4.54. The quantitative estimate of drug-likeness (QED) is 0.822. The van der Waals surface area contributed by atoms with Crippen LogP contribution in [-0.2, 0) is 0 Å². The fourth-order valence-electron chi connectivity index (χ4n) is 2.12. The first kappa shape index (κ1) is 11.0. The number of aryl methyl sites for hydroxylation is 1. The Hall–Kier alpha value is -0.540. The minimum Gasteiger partial charge on any atom is -0.506 e. The molecule has 2 nitrogen and oxygen atoms in total. The van der Waals surface area contributed by atoms with Gasteiger partial charge in [0, 0.05) is 0 Å². The van der Waals surface area contributed by atoms with Crippen molar-refractivity contribution >= 4 is 15.9 Å². The molecule has 2 N–H and O–H groups in total. The number of hydrogen-bond acceptors (Lipinski definition) is 2. The monoisotopic (exact) mass is 269 g/mol. The van der Waals surface area contributed by atoms with Gasteiger partial charge in [-0.2, -0.15) is 0 Å². The number of phenolic OH excluding ortho intramolecular Hbond substituents is 1. The van der Waals surface area contributed by atoms with Gasteiger partial charge in [0.05, 0.1) is 4.47 Å². The maximum Gasteiger partial charge on any atom is 0.132 e. The Labute approximate surface area is 98.8 Å². The first-order chi connectivity index (χ1) is 7.20. The van der Waals surface area contributed by atoms with Crippen molar-refractivity contribution in [3.05, 3.63) is 27.7 Å². The molecule has 0 radical (unpaired) electrons. The maximum atomic E-state index is 9.86. The predicted octanol–water partition coefficient (Wildman–Crippen LogP) is 2.93. The molecule has 3 heteroatoms. The van der Waals surface area contributed by atoms with Crippen LogP contribution in [0.3, 0.4) is 0 Å². The fraction of sp³-hybridized carbons (Fsp3) is 0.500. The molecule has 0 saturated carbocycles. The van der Waals surface area contributed by atoms with Gasteiger partial charge in [-0.05, 0) is 65.8 Å². The highest BCUT2D eigenvalue weighted by Gasteiger charge is 2.19. The number of nitrogens with one attached hydrogen (secondary N) is 1. The molecule has 0 atom stereocenters. The van der Waals surface area contributed by atoms with Gasteiger partial charge in [-0.1, -0.05) is 12.1 Å². The van der Waals surface area contributed by atoms with E-state index in [0.717, 1.165) is 36.0 Å². The number of piperidine rings is 1. The van der Waals surface area contributed by atoms with Gasteiger partial charge in [-0.25, -0.2) is 0 Å². The summed E-state index contributed by atoms with van der Waals surface area (Å²) in [5, 5.41) is 13.2. The zero-order valence-electron chi connectivity index (χ0n) is 8.89. The third-order valence-electron chi connectivity index (χ3n) is 3.13. The highest BCUT2D eigenvalue weighted by Crippen LogP contribution is 2.37. The van der Waals surface area contributed by atoms with E-state index in [4.69, 9.17) is 0 Å². The van der Waals surface area contributed by atoms with Crippen molar-refractivity contribution in [2.24, 2.45) is 0 Å². The Kier molecular flexibility index (Phi) is 3.32. The summed E-state index contributed by atoms with van der Waals surface area (Å²) in [4.78, 5) is 0. The van der Waals surface area contributed by atoms with E-state index in [1.54, 1.807) is 0 Å². The summed E-state index contributed by atoms with van der Waals surface area (Å²) in [6.07, 6.45) is 2.31. The molecule has 1 aliphatic heterocycles. The van der Waals surface area contributed by atoms with Gasteiger partial charge in [0.25, 0.3) is 0 Å². The molecule has 1 fully saturated rings. The van der Waals surface area contributed by atoms with E-state index in [9.17, 15) is 5.11 Å². The van der Waals surface area contributed by atoms with Gasteiger partial charge in [0.15, 0.2) is 0 Å². The zero-order chi connectivity index (χ0) is 10.8. The highest BCUT2D eigenvalue weighted by atomic mass is 79.9. The van der Waals surface area contributed by atoms with Gasteiger partial charge in [0.1, 0.15) is 5.75 Å². The van der Waals surface area contributed by atoms with Crippen LogP contribution < -0.4 is 5.32 Å². The molecule has 1 saturated heterocycles. The Balaban J connectivity index is 2.31. The van der Waals surface area contributed by atoms with Crippen molar-refractivity contribution in [3.8, 4) is 5.75 Å². The Bertz CT molecular complexity index is 359. The average Bonchev–Trinajstić information content (AvgIpc) is 2.27. The van der Waals surface area contributed by atoms with Crippen LogP contribution >= 0.6 is 15.9 Å². The van der Waals surface area contributed by atoms with Crippen LogP contribution in [0.15, 0.2) is 16.6 Å². The normalized spacial score (nSPS) is 18.0. The van der Waals surface area contributed by atoms with Crippen molar-refractivity contribution in [3.63, 3.8) is 0 Å². The van der Waals surface area contributed by atoms with Crippen molar-refractivity contribution in [2.45, 2.75) is 25.7 Å². The third kappa shape index (κ3) is 2.18. The SMILES string of the molecule is Cc1ccc(C2CCNCC2)c(Br)c1O. The molecular weight excluding hydrogens is 254 g/mol. The summed E-state index contributed by atoms with van der Waals surface area (Å²) in [5.41, 5.74) is 2.18. The number of hydrogen-bond donors (Lipinski definition) is 2. The Morgan fingerprint density at radius 2 is 2.00 bits per heavy atom. The number of halogens is 1. The van der Waals surface area contributed by atoms with E-state index in [1.807, 2.05) is 13.0 Å². The maximum absolute atomic E-state index is 9.86. The summed E-state index contributed by atoms with van der Waals surface area (Å²) in [6.45, 7) is 4.07. The molecule has 2 rings (SSSR count). The minimum atomic E-state index is 0.394. The minimum absolute atomic E-state index is 0.394. The highest BCUT2D eigenvalue weighted by molar-refractivity contribution is 9.10. The van der Waals surface area contributed by atoms with Crippen LogP contribution in [0.2, 0.25) is 0 Å². The van der Waals surface area contributed by atoms with E-state index >= 15 is 0 Å². The van der Waals surface area contributed by atoms with E-state index < -0.39 is 0 Å². The van der Waals surface area contributed by atoms with Crippen LogP contribution in [0.1, 0.15) is 29.9 Å². The van der Waals surface area contributed by atoms with Gasteiger partial charge < -0.3 is 10.4 Å². The summed E-state index contributed by atoms with van der Waals surface area (Å²) in [6, 6.07) is 4.13. The number of phenols is 1. The van der Waals surface area contributed by atoms with Gasteiger partial charge >= 0.3 is 0 Å². The molecule has 0 aliphatic carbocycles. The molecule has 82 valence electrons. The van der Waals surface area contributed by atoms with Crippen molar-refractivity contribution in [1.82, 2.24) is 5.32 Å². The number of benzene rings is 1. The third-order valence-corrected chi connectivity index (χ3v) is 3.96. The largest absolute Gasteiger partial charge is 0.506 e. The smallest absolute Gasteiger partial charge is 0.132 e. The van der Waals surface area contributed by atoms with Crippen molar-refractivity contribution < 1.29 is 5.11 Å². The predicted molar refractivity (Wildman–Crippen MR) is 65.4 cm³/mol. The Morgan fingerprint density at radius 3 is 2.67 bits per heavy atom. The van der Waals surface area contributed by atoms with Crippen LogP contribution in [0.4, 0.5) is 0 Å². The first-order valence-electron chi connectivity index (χ1n) is 5.39. The fourth-order valence-corrected chi connectivity index (χ4v) is 2.89. The average molecular weight is 270 g/mol. The molecule has 1 aliphatic rings. The molecule has 0 unspecified atom stereocenters. The van der Waals surface area contributed by atoms with E-state index in [1.165, 1.54) is 5.56 Å². The summed E-state index contributed by atoms with van der Waals surface area (Å²) < 4.78 is 0.884. The van der Waals surface area contributed by atoms with Gasteiger partial charge in [-0.3, -0.25) is 0 Å². The number of aromatic hydroxyl groups is 1. The number of rotatable bonds is 1. The Morgan fingerprint density at radius 1 is 1.33 bits per heavy atom. The van der Waals surface area contributed by atoms with Crippen LogP contribution in [0.25, 0.3) is 0 Å². The zero-order valence-corrected chi connectivity index (χ0v) is 10.5. The van der Waals surface area contributed by atoms with Crippen molar-refractivity contribution in [2.75, 3.05) is 13.1 Å². The lowest BCUT2D eigenvalue weighted by molar-refractivity contribution is 0.446. The summed E-state index contributed by atoms with van der Waals surface area (Å²) >= 11 is 3.50. The van der Waals surface area contributed by atoms with E-state index in [0.29, 0.717) is 11.7 Å². The second-order valence-electron chi connectivity index (χ2n) is 4.16. The molecule has 0 aromatic heterocycles. The molecule has 1 heterocycles. The van der Waals surface area contributed by atoms with Crippen molar-refractivity contribution in [1.29, 1.82) is 0 Å². The first-order valence-corrected chi connectivity index (χ1v) is 6.18. The van der Waals surface area contributed by atoms with E-state index in [2.05, 4.69) is 27.3 Å². The molecule has 0 spiro atoms. The molecule has 0 bridgehead atoms. The standard InChI is InChI=1S/C12H16BrNO/c1-8-2-3-10(11(13)12(8)15)9-4-6-14-7-5-9/h2-3,9,14-15H,4-7H2,1H3. The molecule has 15 heavy (non-hydrogen) atoms. The van der Waals surface area contributed by atoms with Crippen LogP contribution in [0.5, 0.6) is 5.75 Å². The lowest BCUT2D eigenvalue weighted by Gasteiger charge is -2.24. The lowest BCUT2D eigenvalue weighted by atomic mass is 9.89. The van der Waals surface area contributed by atoms with Crippen LogP contribution in [-0.4, -0.2) is 18.2 Å².